The molecule has 0 saturated carbocycles. The highest BCUT2D eigenvalue weighted by atomic mass is 32.2. The molecule has 0 aromatic rings. The van der Waals surface area contributed by atoms with Crippen LogP contribution >= 0.6 is 11.8 Å². The lowest BCUT2D eigenvalue weighted by Gasteiger charge is -2.52. The van der Waals surface area contributed by atoms with E-state index in [4.69, 9.17) is 118 Å². The standard InChI is InChI=1S/C66H123NO26S/c1-20-45-49(40(4)41(5)62(88-45)91-51-43(7)86-64(59(74-17)55(51)70-13)93-54-47(22-3)87-61(76-19)42(6)50(54)69-12)90-63-58(73-16)56(71-14)52(44(8)85-63)92-65-60(75-18)57(72-15)53(46(21-2)89-65)84-36-35-81-30-29-78-26-25-77-24-23-67-48(68)39-83-34-33-80-28-27-79-31-32-82-37-38-94-66(9,10)11/h40-47,49-65H,20-39H2,1-19H3,(H,67,68)/t40-,41-,42-,43+,44-,45-,46-,47-,49+,50-,51-,52-,53-,54-,55+,56+,57+,58-,59-,60-,61+,62-,63+,64+,65-/m1/s1. The summed E-state index contributed by atoms with van der Waals surface area (Å²) in [4.78, 5) is 12.1. The summed E-state index contributed by atoms with van der Waals surface area (Å²) in [5.74, 6) is 0.381. The topological polar surface area (TPSA) is 260 Å². The molecule has 5 aliphatic rings. The smallest absolute Gasteiger partial charge is 0.246 e. The summed E-state index contributed by atoms with van der Waals surface area (Å²) in [6, 6.07) is 0. The summed E-state index contributed by atoms with van der Waals surface area (Å²) in [6.07, 6.45) is -10.9. The Hall–Kier alpha value is -1.18. The fourth-order valence-corrected chi connectivity index (χ4v) is 13.5. The molecule has 0 aromatic heterocycles. The minimum absolute atomic E-state index is 0.0582. The highest BCUT2D eigenvalue weighted by Gasteiger charge is 2.56. The second kappa shape index (κ2) is 44.9. The number of carbonyl (C=O) groups excluding carboxylic acids is 1. The van der Waals surface area contributed by atoms with E-state index < -0.39 is 123 Å². The minimum Gasteiger partial charge on any atom is -0.378 e. The Labute approximate surface area is 565 Å². The van der Waals surface area contributed by atoms with Crippen molar-refractivity contribution in [2.75, 3.05) is 168 Å². The number of methoxy groups -OCH3 is 8. The largest absolute Gasteiger partial charge is 0.378 e. The summed E-state index contributed by atoms with van der Waals surface area (Å²) in [7, 11) is 13.0. The van der Waals surface area contributed by atoms with E-state index >= 15 is 0 Å². The summed E-state index contributed by atoms with van der Waals surface area (Å²) in [5, 5.41) is 2.77. The molecule has 5 heterocycles. The molecule has 28 heteroatoms. The van der Waals surface area contributed by atoms with E-state index in [2.05, 4.69) is 46.9 Å². The van der Waals surface area contributed by atoms with E-state index in [9.17, 15) is 4.79 Å². The first-order chi connectivity index (χ1) is 45.3. The van der Waals surface area contributed by atoms with Gasteiger partial charge in [0.25, 0.3) is 0 Å². The maximum Gasteiger partial charge on any atom is 0.246 e. The van der Waals surface area contributed by atoms with Crippen LogP contribution in [0.15, 0.2) is 0 Å². The van der Waals surface area contributed by atoms with Gasteiger partial charge in [-0.25, -0.2) is 0 Å². The van der Waals surface area contributed by atoms with Crippen molar-refractivity contribution in [3.63, 3.8) is 0 Å². The number of ether oxygens (including phenoxy) is 25. The molecule has 25 atom stereocenters. The predicted octanol–water partition coefficient (Wildman–Crippen LogP) is 5.23. The molecule has 94 heavy (non-hydrogen) atoms. The van der Waals surface area contributed by atoms with Gasteiger partial charge in [0.1, 0.15) is 67.6 Å². The lowest BCUT2D eigenvalue weighted by molar-refractivity contribution is -0.384. The van der Waals surface area contributed by atoms with Gasteiger partial charge in [0, 0.05) is 85.8 Å². The first kappa shape index (κ1) is 83.5. The quantitative estimate of drug-likeness (QED) is 0.0765. The van der Waals surface area contributed by atoms with Crippen LogP contribution in [0.25, 0.3) is 0 Å². The molecule has 0 unspecified atom stereocenters. The van der Waals surface area contributed by atoms with Crippen molar-refractivity contribution in [3.8, 4) is 0 Å². The molecule has 1 amide bonds. The zero-order chi connectivity index (χ0) is 68.7. The summed E-state index contributed by atoms with van der Waals surface area (Å²) in [5.41, 5.74) is 0. The number of hydrogen-bond donors (Lipinski definition) is 1. The Morgan fingerprint density at radius 3 is 1.20 bits per heavy atom. The molecule has 0 bridgehead atoms. The number of hydrogen-bond acceptors (Lipinski definition) is 27. The Morgan fingerprint density at radius 2 is 0.734 bits per heavy atom. The van der Waals surface area contributed by atoms with Crippen LogP contribution in [0.1, 0.15) is 95.4 Å². The third kappa shape index (κ3) is 25.1. The van der Waals surface area contributed by atoms with Crippen molar-refractivity contribution in [1.29, 1.82) is 0 Å². The summed E-state index contributed by atoms with van der Waals surface area (Å²) >= 11 is 1.88. The van der Waals surface area contributed by atoms with Crippen LogP contribution in [-0.2, 0) is 123 Å². The molecule has 0 aromatic carbocycles. The van der Waals surface area contributed by atoms with E-state index in [1.807, 2.05) is 46.4 Å². The van der Waals surface area contributed by atoms with Crippen LogP contribution in [0.2, 0.25) is 0 Å². The number of amides is 1. The first-order valence-electron chi connectivity index (χ1n) is 34.0. The average molecular weight is 1380 g/mol. The SMILES string of the molecule is CC[C@H]1O[C@H](O[C@H]2[C@H](OC)[C@@H](OC)[C@H](O[C@H]3[C@H](OC)[C@@H](C)[C@@H](OC)O[C@@H]3CC)O[C@H]2C)[C@H](C)[C@@H](C)[C@@H]1O[C@@H]1O[C@H](C)[C@@H](O[C@H]2O[C@H](CC)[C@@H](OCCOCCOCCOCCNC(=O)COCCOCCOCCOCCSC(C)(C)C)[C@H](OC)[C@H]2OC)[C@H](OC)[C@H]1OC. The maximum absolute atomic E-state index is 12.1. The normalized spacial score (nSPS) is 36.6. The van der Waals surface area contributed by atoms with Gasteiger partial charge in [-0.05, 0) is 39.0 Å². The highest BCUT2D eigenvalue weighted by Crippen LogP contribution is 2.42. The zero-order valence-corrected chi connectivity index (χ0v) is 60.9. The third-order valence-electron chi connectivity index (χ3n) is 17.9. The fourth-order valence-electron chi connectivity index (χ4n) is 12.7. The Morgan fingerprint density at radius 1 is 0.362 bits per heavy atom. The lowest BCUT2D eigenvalue weighted by atomic mass is 9.83. The Bertz CT molecular complexity index is 1970. The molecule has 27 nitrogen and oxygen atoms in total. The second-order valence-corrected chi connectivity index (χ2v) is 27.2. The van der Waals surface area contributed by atoms with Gasteiger partial charge < -0.3 is 124 Å². The fraction of sp³-hybridized carbons (Fsp3) is 0.985. The number of rotatable bonds is 46. The Kier molecular flexibility index (Phi) is 39.9. The zero-order valence-electron chi connectivity index (χ0n) is 60.1. The minimum atomic E-state index is -0.894. The van der Waals surface area contributed by atoms with Crippen molar-refractivity contribution in [1.82, 2.24) is 5.32 Å². The number of nitrogens with one attached hydrogen (secondary N) is 1. The molecule has 5 fully saturated rings. The molecule has 5 saturated heterocycles. The number of thioether (sulfide) groups is 1. The molecule has 0 spiro atoms. The molecule has 0 aliphatic carbocycles. The summed E-state index contributed by atoms with van der Waals surface area (Å²) < 4.78 is 155. The van der Waals surface area contributed by atoms with Crippen molar-refractivity contribution in [2.24, 2.45) is 17.8 Å². The molecule has 5 aliphatic heterocycles. The van der Waals surface area contributed by atoms with Crippen molar-refractivity contribution >= 4 is 17.7 Å². The van der Waals surface area contributed by atoms with Gasteiger partial charge in [0.2, 0.25) is 5.91 Å². The van der Waals surface area contributed by atoms with Gasteiger partial charge in [-0.15, -0.1) is 0 Å². The maximum atomic E-state index is 12.1. The molecule has 5 rings (SSSR count). The van der Waals surface area contributed by atoms with Crippen LogP contribution in [0.3, 0.4) is 0 Å². The third-order valence-corrected chi connectivity index (χ3v) is 19.2. The van der Waals surface area contributed by atoms with E-state index in [0.717, 1.165) is 5.75 Å². The van der Waals surface area contributed by atoms with Gasteiger partial charge in [-0.2, -0.15) is 11.8 Å². The van der Waals surface area contributed by atoms with Gasteiger partial charge in [-0.3, -0.25) is 4.79 Å². The van der Waals surface area contributed by atoms with Crippen molar-refractivity contribution < 1.29 is 123 Å². The van der Waals surface area contributed by atoms with Crippen LogP contribution in [0, 0.1) is 17.8 Å². The van der Waals surface area contributed by atoms with E-state index in [1.54, 1.807) is 56.9 Å². The van der Waals surface area contributed by atoms with Crippen LogP contribution in [0.5, 0.6) is 0 Å². The molecular formula is C66H123NO26S. The van der Waals surface area contributed by atoms with E-state index in [-0.39, 0.29) is 53.8 Å². The second-order valence-electron chi connectivity index (χ2n) is 25.3. The molecule has 0 radical (unpaired) electrons. The molecular weight excluding hydrogens is 1250 g/mol. The van der Waals surface area contributed by atoms with Crippen molar-refractivity contribution in [3.05, 3.63) is 0 Å². The van der Waals surface area contributed by atoms with Crippen LogP contribution in [-0.4, -0.2) is 314 Å². The van der Waals surface area contributed by atoms with E-state index in [0.29, 0.717) is 112 Å². The van der Waals surface area contributed by atoms with Gasteiger partial charge in [0.15, 0.2) is 31.5 Å². The average Bonchev–Trinajstić information content (AvgIpc) is 0.779. The summed E-state index contributed by atoms with van der Waals surface area (Å²) in [6.45, 7) is 28.9. The van der Waals surface area contributed by atoms with Gasteiger partial charge in [0.05, 0.1) is 135 Å². The number of carbonyl (C=O) groups is 1. The lowest BCUT2D eigenvalue weighted by Crippen LogP contribution is -2.66. The Balaban J connectivity index is 1.00. The van der Waals surface area contributed by atoms with Gasteiger partial charge in [-0.1, -0.05) is 62.3 Å². The monoisotopic (exact) mass is 1380 g/mol. The van der Waals surface area contributed by atoms with Crippen LogP contribution < -0.4 is 5.32 Å². The first-order valence-corrected chi connectivity index (χ1v) is 35.0. The highest BCUT2D eigenvalue weighted by molar-refractivity contribution is 8.00. The molecule has 1 N–H and O–H groups in total. The van der Waals surface area contributed by atoms with Crippen molar-refractivity contribution in [2.45, 2.75) is 235 Å². The predicted molar refractivity (Wildman–Crippen MR) is 346 cm³/mol. The van der Waals surface area contributed by atoms with Crippen LogP contribution in [0.4, 0.5) is 0 Å². The van der Waals surface area contributed by atoms with E-state index in [1.165, 1.54) is 0 Å². The van der Waals surface area contributed by atoms with Gasteiger partial charge >= 0.3 is 0 Å². The molecule has 554 valence electrons.